The molecule has 1 unspecified atom stereocenters. The highest BCUT2D eigenvalue weighted by molar-refractivity contribution is 9.10. The molecule has 1 atom stereocenters. The van der Waals surface area contributed by atoms with Gasteiger partial charge in [0, 0.05) is 18.6 Å². The summed E-state index contributed by atoms with van der Waals surface area (Å²) in [6, 6.07) is 11.3. The highest BCUT2D eigenvalue weighted by atomic mass is 79.9. The Morgan fingerprint density at radius 3 is 2.52 bits per heavy atom. The van der Waals surface area contributed by atoms with Crippen LogP contribution in [0.1, 0.15) is 17.2 Å². The number of aliphatic hydroxyl groups excluding tert-OH is 1. The van der Waals surface area contributed by atoms with Crippen LogP contribution in [-0.2, 0) is 0 Å². The van der Waals surface area contributed by atoms with Gasteiger partial charge in [-0.1, -0.05) is 35.9 Å². The van der Waals surface area contributed by atoms with Crippen LogP contribution in [0.2, 0.25) is 5.02 Å². The van der Waals surface area contributed by atoms with Crippen LogP contribution in [0.5, 0.6) is 5.75 Å². The minimum absolute atomic E-state index is 0.482. The molecule has 0 saturated heterocycles. The number of hydrogen-bond donors (Lipinski definition) is 1. The number of benzene rings is 2. The molecule has 0 spiro atoms. The Balaban J connectivity index is 2.16. The molecule has 0 aliphatic heterocycles. The fourth-order valence-electron chi connectivity index (χ4n) is 2.17. The zero-order valence-corrected chi connectivity index (χ0v) is 15.6. The first-order valence-electron chi connectivity index (χ1n) is 7.09. The molecule has 2 aromatic carbocycles. The maximum Gasteiger partial charge on any atom is 0.137 e. The highest BCUT2D eigenvalue weighted by Gasteiger charge is 2.08. The molecule has 3 nitrogen and oxygen atoms in total. The molecule has 0 bridgehead atoms. The van der Waals surface area contributed by atoms with Crippen molar-refractivity contribution in [1.29, 1.82) is 0 Å². The Labute approximate surface area is 150 Å². The highest BCUT2D eigenvalue weighted by Crippen LogP contribution is 2.29. The van der Waals surface area contributed by atoms with Crippen molar-refractivity contribution in [3.8, 4) is 5.75 Å². The second kappa shape index (κ2) is 7.86. The van der Waals surface area contributed by atoms with Gasteiger partial charge >= 0.3 is 0 Å². The predicted molar refractivity (Wildman–Crippen MR) is 100 cm³/mol. The van der Waals surface area contributed by atoms with Gasteiger partial charge in [0.2, 0.25) is 0 Å². The molecule has 0 amide bonds. The van der Waals surface area contributed by atoms with Crippen LogP contribution in [0.4, 0.5) is 5.69 Å². The Morgan fingerprint density at radius 2 is 1.96 bits per heavy atom. The van der Waals surface area contributed by atoms with Crippen LogP contribution in [0.3, 0.4) is 0 Å². The SMILES string of the molecule is COc1ccc(C(O)/C=C/c2ccc(N(C)C)c(Br)c2)cc1Cl. The molecule has 0 heterocycles. The lowest BCUT2D eigenvalue weighted by Gasteiger charge is -2.14. The molecule has 1 N–H and O–H groups in total. The van der Waals surface area contributed by atoms with Crippen LogP contribution < -0.4 is 9.64 Å². The topological polar surface area (TPSA) is 32.7 Å². The number of anilines is 1. The van der Waals surface area contributed by atoms with E-state index in [9.17, 15) is 5.11 Å². The molecule has 0 aromatic heterocycles. The van der Waals surface area contributed by atoms with Crippen LogP contribution in [0, 0.1) is 0 Å². The van der Waals surface area contributed by atoms with Crippen molar-refractivity contribution in [1.82, 2.24) is 0 Å². The molecule has 122 valence electrons. The molecule has 0 saturated carbocycles. The minimum atomic E-state index is -0.731. The predicted octanol–water partition coefficient (Wildman–Crippen LogP) is 4.92. The van der Waals surface area contributed by atoms with Crippen LogP contribution >= 0.6 is 27.5 Å². The number of halogens is 2. The minimum Gasteiger partial charge on any atom is -0.495 e. The Hall–Kier alpha value is -1.49. The van der Waals surface area contributed by atoms with Gasteiger partial charge in [0.15, 0.2) is 0 Å². The zero-order valence-electron chi connectivity index (χ0n) is 13.3. The van der Waals surface area contributed by atoms with Gasteiger partial charge in [-0.05, 0) is 51.3 Å². The molecule has 2 rings (SSSR count). The number of hydrogen-bond acceptors (Lipinski definition) is 3. The van der Waals surface area contributed by atoms with Crippen LogP contribution in [0.25, 0.3) is 6.08 Å². The summed E-state index contributed by atoms with van der Waals surface area (Å²) in [5, 5.41) is 10.8. The fraction of sp³-hybridized carbons (Fsp3) is 0.222. The lowest BCUT2D eigenvalue weighted by molar-refractivity contribution is 0.229. The second-order valence-electron chi connectivity index (χ2n) is 5.30. The van der Waals surface area contributed by atoms with Crippen molar-refractivity contribution in [2.45, 2.75) is 6.10 Å². The number of rotatable bonds is 5. The quantitative estimate of drug-likeness (QED) is 0.778. The van der Waals surface area contributed by atoms with Gasteiger partial charge < -0.3 is 14.7 Å². The van der Waals surface area contributed by atoms with Gasteiger partial charge in [-0.15, -0.1) is 0 Å². The average molecular weight is 397 g/mol. The summed E-state index contributed by atoms with van der Waals surface area (Å²) in [7, 11) is 5.55. The van der Waals surface area contributed by atoms with Crippen molar-refractivity contribution < 1.29 is 9.84 Å². The lowest BCUT2D eigenvalue weighted by atomic mass is 10.1. The molecule has 23 heavy (non-hydrogen) atoms. The van der Waals surface area contributed by atoms with E-state index < -0.39 is 6.10 Å². The molecule has 2 aromatic rings. The van der Waals surface area contributed by atoms with Crippen LogP contribution in [-0.4, -0.2) is 26.3 Å². The van der Waals surface area contributed by atoms with Crippen molar-refractivity contribution in [2.75, 3.05) is 26.1 Å². The number of ether oxygens (including phenoxy) is 1. The van der Waals surface area contributed by atoms with E-state index in [0.29, 0.717) is 10.8 Å². The van der Waals surface area contributed by atoms with E-state index >= 15 is 0 Å². The van der Waals surface area contributed by atoms with E-state index in [2.05, 4.69) is 15.9 Å². The normalized spacial score (nSPS) is 12.4. The van der Waals surface area contributed by atoms with Gasteiger partial charge in [-0.2, -0.15) is 0 Å². The third-order valence-electron chi connectivity index (χ3n) is 3.44. The summed E-state index contributed by atoms with van der Waals surface area (Å²) in [5.74, 6) is 0.592. The molecular weight excluding hydrogens is 378 g/mol. The van der Waals surface area contributed by atoms with E-state index in [1.165, 1.54) is 0 Å². The van der Waals surface area contributed by atoms with Crippen LogP contribution in [0.15, 0.2) is 46.9 Å². The lowest BCUT2D eigenvalue weighted by Crippen LogP contribution is -2.09. The molecule has 0 radical (unpaired) electrons. The standard InChI is InChI=1S/C18H19BrClNO2/c1-21(2)16-7-4-12(10-14(16)19)5-8-17(22)13-6-9-18(23-3)15(20)11-13/h4-11,17,22H,1-3H3/b8-5+. The summed E-state index contributed by atoms with van der Waals surface area (Å²) in [5.41, 5.74) is 2.82. The Kier molecular flexibility index (Phi) is 6.10. The average Bonchev–Trinajstić information content (AvgIpc) is 2.52. The van der Waals surface area contributed by atoms with Crippen molar-refractivity contribution in [3.63, 3.8) is 0 Å². The van der Waals surface area contributed by atoms with Crippen molar-refractivity contribution in [3.05, 3.63) is 63.1 Å². The van der Waals surface area contributed by atoms with E-state index in [4.69, 9.17) is 16.3 Å². The molecule has 0 aliphatic rings. The first-order valence-corrected chi connectivity index (χ1v) is 8.26. The maximum absolute atomic E-state index is 10.3. The largest absolute Gasteiger partial charge is 0.495 e. The smallest absolute Gasteiger partial charge is 0.137 e. The monoisotopic (exact) mass is 395 g/mol. The van der Waals surface area contributed by atoms with Gasteiger partial charge in [-0.3, -0.25) is 0 Å². The third kappa shape index (κ3) is 4.50. The molecule has 0 fully saturated rings. The van der Waals surface area contributed by atoms with Gasteiger partial charge in [0.1, 0.15) is 5.75 Å². The Bertz CT molecular complexity index is 716. The van der Waals surface area contributed by atoms with Crippen molar-refractivity contribution >= 4 is 39.3 Å². The molecular formula is C18H19BrClNO2. The fourth-order valence-corrected chi connectivity index (χ4v) is 3.19. The Morgan fingerprint density at radius 1 is 1.22 bits per heavy atom. The summed E-state index contributed by atoms with van der Waals surface area (Å²) < 4.78 is 6.12. The molecule has 0 aliphatic carbocycles. The third-order valence-corrected chi connectivity index (χ3v) is 4.37. The van der Waals surface area contributed by atoms with E-state index in [-0.39, 0.29) is 0 Å². The summed E-state index contributed by atoms with van der Waals surface area (Å²) in [6.45, 7) is 0. The number of nitrogens with zero attached hydrogens (tertiary/aromatic N) is 1. The zero-order chi connectivity index (χ0) is 17.0. The first-order chi connectivity index (χ1) is 10.9. The summed E-state index contributed by atoms with van der Waals surface area (Å²) in [6.07, 6.45) is 2.88. The van der Waals surface area contributed by atoms with E-state index in [1.54, 1.807) is 31.4 Å². The van der Waals surface area contributed by atoms with E-state index in [1.807, 2.05) is 43.3 Å². The first kappa shape index (κ1) is 17.9. The summed E-state index contributed by atoms with van der Waals surface area (Å²) >= 11 is 9.64. The second-order valence-corrected chi connectivity index (χ2v) is 6.56. The van der Waals surface area contributed by atoms with Crippen molar-refractivity contribution in [2.24, 2.45) is 0 Å². The van der Waals surface area contributed by atoms with Gasteiger partial charge in [0.05, 0.1) is 23.9 Å². The van der Waals surface area contributed by atoms with E-state index in [0.717, 1.165) is 21.3 Å². The number of methoxy groups -OCH3 is 1. The van der Waals surface area contributed by atoms with Gasteiger partial charge in [0.25, 0.3) is 0 Å². The molecule has 5 heteroatoms. The maximum atomic E-state index is 10.3. The van der Waals surface area contributed by atoms with Gasteiger partial charge in [-0.25, -0.2) is 0 Å². The number of aliphatic hydroxyl groups is 1. The summed E-state index contributed by atoms with van der Waals surface area (Å²) in [4.78, 5) is 2.03.